The number of piperazine rings is 1. The van der Waals surface area contributed by atoms with Crippen LogP contribution in [0.2, 0.25) is 0 Å². The molecule has 1 amide bonds. The zero-order valence-corrected chi connectivity index (χ0v) is 17.6. The van der Waals surface area contributed by atoms with Gasteiger partial charge in [0.1, 0.15) is 18.1 Å². The van der Waals surface area contributed by atoms with Crippen molar-refractivity contribution in [2.75, 3.05) is 58.3 Å². The van der Waals surface area contributed by atoms with E-state index in [4.69, 9.17) is 9.47 Å². The molecule has 156 valence electrons. The second-order valence-corrected chi connectivity index (χ2v) is 7.46. The maximum atomic E-state index is 12.4. The van der Waals surface area contributed by atoms with Gasteiger partial charge in [0, 0.05) is 38.4 Å². The molecule has 2 aromatic rings. The summed E-state index contributed by atoms with van der Waals surface area (Å²) >= 11 is 0. The molecule has 1 N–H and O–H groups in total. The number of benzene rings is 2. The molecule has 1 aliphatic heterocycles. The van der Waals surface area contributed by atoms with E-state index in [-0.39, 0.29) is 5.91 Å². The van der Waals surface area contributed by atoms with Crippen molar-refractivity contribution in [3.8, 4) is 11.5 Å². The molecule has 0 spiro atoms. The third-order valence-corrected chi connectivity index (χ3v) is 5.31. The van der Waals surface area contributed by atoms with Gasteiger partial charge >= 0.3 is 0 Å². The van der Waals surface area contributed by atoms with Gasteiger partial charge in [-0.3, -0.25) is 14.6 Å². The average molecular weight is 398 g/mol. The molecule has 0 bridgehead atoms. The molecule has 0 unspecified atom stereocenters. The number of carbonyl (C=O) groups is 1. The number of amides is 1. The number of para-hydroxylation sites is 1. The van der Waals surface area contributed by atoms with E-state index < -0.39 is 0 Å². The number of aryl methyl sites for hydroxylation is 2. The normalized spacial score (nSPS) is 15.1. The number of methoxy groups -OCH3 is 1. The number of hydrogen-bond acceptors (Lipinski definition) is 5. The van der Waals surface area contributed by atoms with E-state index in [1.165, 1.54) is 0 Å². The Bertz CT molecular complexity index is 779. The van der Waals surface area contributed by atoms with Crippen LogP contribution in [0.25, 0.3) is 0 Å². The number of anilines is 1. The summed E-state index contributed by atoms with van der Waals surface area (Å²) in [6.45, 7) is 9.69. The number of nitrogens with one attached hydrogen (secondary N) is 1. The SMILES string of the molecule is COc1ccc(OCCN2CCN(CC(=O)Nc3c(C)cccc3C)CC2)cc1. The number of ether oxygens (including phenoxy) is 2. The van der Waals surface area contributed by atoms with Crippen LogP contribution in [0.1, 0.15) is 11.1 Å². The summed E-state index contributed by atoms with van der Waals surface area (Å²) < 4.78 is 11.0. The minimum Gasteiger partial charge on any atom is -0.497 e. The highest BCUT2D eigenvalue weighted by Crippen LogP contribution is 2.19. The first-order chi connectivity index (χ1) is 14.0. The Labute approximate surface area is 173 Å². The summed E-state index contributed by atoms with van der Waals surface area (Å²) in [6.07, 6.45) is 0. The molecule has 0 aromatic heterocycles. The summed E-state index contributed by atoms with van der Waals surface area (Å²) in [6, 6.07) is 13.7. The fourth-order valence-corrected chi connectivity index (χ4v) is 3.53. The van der Waals surface area contributed by atoms with Crippen LogP contribution in [-0.2, 0) is 4.79 Å². The van der Waals surface area contributed by atoms with E-state index in [0.717, 1.165) is 61.0 Å². The Morgan fingerprint density at radius 1 is 0.931 bits per heavy atom. The van der Waals surface area contributed by atoms with Crippen molar-refractivity contribution >= 4 is 11.6 Å². The summed E-state index contributed by atoms with van der Waals surface area (Å²) in [5.41, 5.74) is 3.13. The van der Waals surface area contributed by atoms with Gasteiger partial charge in [-0.25, -0.2) is 0 Å². The predicted octanol–water partition coefficient (Wildman–Crippen LogP) is 2.95. The lowest BCUT2D eigenvalue weighted by atomic mass is 10.1. The molecule has 0 atom stereocenters. The van der Waals surface area contributed by atoms with Gasteiger partial charge in [0.2, 0.25) is 5.91 Å². The highest BCUT2D eigenvalue weighted by molar-refractivity contribution is 5.93. The monoisotopic (exact) mass is 397 g/mol. The largest absolute Gasteiger partial charge is 0.497 e. The molecule has 1 heterocycles. The van der Waals surface area contributed by atoms with E-state index in [1.807, 2.05) is 56.3 Å². The maximum absolute atomic E-state index is 12.4. The molecule has 1 fully saturated rings. The molecule has 29 heavy (non-hydrogen) atoms. The topological polar surface area (TPSA) is 54.0 Å². The van der Waals surface area contributed by atoms with Crippen LogP contribution in [0.5, 0.6) is 11.5 Å². The Kier molecular flexibility index (Phi) is 7.49. The van der Waals surface area contributed by atoms with Gasteiger partial charge in [-0.05, 0) is 49.2 Å². The molecular weight excluding hydrogens is 366 g/mol. The lowest BCUT2D eigenvalue weighted by molar-refractivity contribution is -0.117. The summed E-state index contributed by atoms with van der Waals surface area (Å²) in [4.78, 5) is 17.0. The minimum atomic E-state index is 0.0543. The zero-order chi connectivity index (χ0) is 20.6. The lowest BCUT2D eigenvalue weighted by Crippen LogP contribution is -2.49. The Balaban J connectivity index is 1.36. The standard InChI is InChI=1S/C23H31N3O3/c1-18-5-4-6-19(2)23(18)24-22(27)17-26-13-11-25(12-14-26)15-16-29-21-9-7-20(28-3)8-10-21/h4-10H,11-17H2,1-3H3,(H,24,27). The van der Waals surface area contributed by atoms with Gasteiger partial charge in [0.25, 0.3) is 0 Å². The van der Waals surface area contributed by atoms with Crippen molar-refractivity contribution < 1.29 is 14.3 Å². The van der Waals surface area contributed by atoms with Gasteiger partial charge in [0.05, 0.1) is 13.7 Å². The second kappa shape index (κ2) is 10.3. The highest BCUT2D eigenvalue weighted by atomic mass is 16.5. The van der Waals surface area contributed by atoms with Gasteiger partial charge < -0.3 is 14.8 Å². The summed E-state index contributed by atoms with van der Waals surface area (Å²) in [5.74, 6) is 1.74. The molecule has 0 radical (unpaired) electrons. The van der Waals surface area contributed by atoms with E-state index in [2.05, 4.69) is 15.1 Å². The minimum absolute atomic E-state index is 0.0543. The van der Waals surface area contributed by atoms with Crippen molar-refractivity contribution in [1.29, 1.82) is 0 Å². The molecule has 3 rings (SSSR count). The summed E-state index contributed by atoms with van der Waals surface area (Å²) in [5, 5.41) is 3.07. The first-order valence-electron chi connectivity index (χ1n) is 10.1. The van der Waals surface area contributed by atoms with Crippen molar-refractivity contribution in [3.63, 3.8) is 0 Å². The van der Waals surface area contributed by atoms with Crippen LogP contribution in [0, 0.1) is 13.8 Å². The van der Waals surface area contributed by atoms with Crippen LogP contribution < -0.4 is 14.8 Å². The molecular formula is C23H31N3O3. The molecule has 6 nitrogen and oxygen atoms in total. The van der Waals surface area contributed by atoms with Gasteiger partial charge in [-0.2, -0.15) is 0 Å². The second-order valence-electron chi connectivity index (χ2n) is 7.46. The molecule has 2 aromatic carbocycles. The van der Waals surface area contributed by atoms with Gasteiger partial charge in [-0.15, -0.1) is 0 Å². The molecule has 1 saturated heterocycles. The number of carbonyl (C=O) groups excluding carboxylic acids is 1. The lowest BCUT2D eigenvalue weighted by Gasteiger charge is -2.34. The number of nitrogens with zero attached hydrogens (tertiary/aromatic N) is 2. The Morgan fingerprint density at radius 3 is 2.14 bits per heavy atom. The number of rotatable bonds is 8. The van der Waals surface area contributed by atoms with Crippen LogP contribution >= 0.6 is 0 Å². The van der Waals surface area contributed by atoms with Crippen molar-refractivity contribution in [2.45, 2.75) is 13.8 Å². The predicted molar refractivity (Wildman–Crippen MR) is 116 cm³/mol. The van der Waals surface area contributed by atoms with Crippen LogP contribution in [0.4, 0.5) is 5.69 Å². The fraction of sp³-hybridized carbons (Fsp3) is 0.435. The molecule has 1 aliphatic rings. The highest BCUT2D eigenvalue weighted by Gasteiger charge is 2.19. The maximum Gasteiger partial charge on any atom is 0.238 e. The first-order valence-corrected chi connectivity index (χ1v) is 10.1. The van der Waals surface area contributed by atoms with Crippen LogP contribution in [0.15, 0.2) is 42.5 Å². The van der Waals surface area contributed by atoms with Crippen molar-refractivity contribution in [1.82, 2.24) is 9.80 Å². The average Bonchev–Trinajstić information content (AvgIpc) is 2.73. The van der Waals surface area contributed by atoms with E-state index in [1.54, 1.807) is 7.11 Å². The van der Waals surface area contributed by atoms with E-state index in [0.29, 0.717) is 13.2 Å². The molecule has 0 aliphatic carbocycles. The molecule has 0 saturated carbocycles. The number of hydrogen-bond donors (Lipinski definition) is 1. The summed E-state index contributed by atoms with van der Waals surface area (Å²) in [7, 11) is 1.66. The Morgan fingerprint density at radius 2 is 1.52 bits per heavy atom. The van der Waals surface area contributed by atoms with E-state index in [9.17, 15) is 4.79 Å². The molecule has 6 heteroatoms. The van der Waals surface area contributed by atoms with Gasteiger partial charge in [0.15, 0.2) is 0 Å². The fourth-order valence-electron chi connectivity index (χ4n) is 3.53. The van der Waals surface area contributed by atoms with Gasteiger partial charge in [-0.1, -0.05) is 18.2 Å². The third-order valence-electron chi connectivity index (χ3n) is 5.31. The van der Waals surface area contributed by atoms with Crippen molar-refractivity contribution in [3.05, 3.63) is 53.6 Å². The zero-order valence-electron chi connectivity index (χ0n) is 17.6. The Hall–Kier alpha value is -2.57. The van der Waals surface area contributed by atoms with Crippen LogP contribution in [-0.4, -0.2) is 68.7 Å². The smallest absolute Gasteiger partial charge is 0.238 e. The van der Waals surface area contributed by atoms with Crippen molar-refractivity contribution in [2.24, 2.45) is 0 Å². The van der Waals surface area contributed by atoms with Crippen LogP contribution in [0.3, 0.4) is 0 Å². The third kappa shape index (κ3) is 6.21. The van der Waals surface area contributed by atoms with E-state index >= 15 is 0 Å². The quantitative estimate of drug-likeness (QED) is 0.742. The first kappa shape index (κ1) is 21.1.